The lowest BCUT2D eigenvalue weighted by Gasteiger charge is -2.30. The minimum Gasteiger partial charge on any atom is -0.381 e. The molecule has 1 unspecified atom stereocenters. The van der Waals surface area contributed by atoms with Gasteiger partial charge in [0.05, 0.1) is 35.4 Å². The second-order valence-electron chi connectivity index (χ2n) is 8.61. The monoisotopic (exact) mass is 466 g/mol. The molecule has 1 aliphatic heterocycles. The van der Waals surface area contributed by atoms with E-state index in [1.807, 2.05) is 26.1 Å². The standard InChI is InChI=1S/C24H24F2N6O2/c1-14-22(15(2)34-30-14)17-9-21-23(28-10-17)19(18-11-29-32(12-18)24(25)26)13-31(21)20(3-6-27)16-4-7-33-8-5-16/h9-13,16,20,24H,3-5,7-8H2,1-2H3. The molecule has 0 aliphatic carbocycles. The van der Waals surface area contributed by atoms with Crippen molar-refractivity contribution in [1.82, 2.24) is 24.5 Å². The van der Waals surface area contributed by atoms with E-state index >= 15 is 0 Å². The van der Waals surface area contributed by atoms with Crippen molar-refractivity contribution in [2.45, 2.75) is 45.7 Å². The van der Waals surface area contributed by atoms with Gasteiger partial charge in [0.15, 0.2) is 0 Å². The molecule has 8 nitrogen and oxygen atoms in total. The highest BCUT2D eigenvalue weighted by Gasteiger charge is 2.28. The fourth-order valence-electron chi connectivity index (χ4n) is 4.91. The number of hydrogen-bond donors (Lipinski definition) is 0. The SMILES string of the molecule is Cc1noc(C)c1-c1cnc2c(-c3cnn(C(F)F)c3)cn(C(CC#N)C3CCOCC3)c2c1. The first-order valence-electron chi connectivity index (χ1n) is 11.2. The number of nitriles is 1. The minimum absolute atomic E-state index is 0.1000. The number of nitrogens with zero attached hydrogens (tertiary/aromatic N) is 6. The Balaban J connectivity index is 1.71. The van der Waals surface area contributed by atoms with Crippen LogP contribution in [0.5, 0.6) is 0 Å². The van der Waals surface area contributed by atoms with Crippen LogP contribution in [-0.2, 0) is 4.74 Å². The van der Waals surface area contributed by atoms with Gasteiger partial charge in [0, 0.05) is 60.1 Å². The van der Waals surface area contributed by atoms with E-state index in [1.165, 1.54) is 12.4 Å². The normalized spacial score (nSPS) is 15.8. The summed E-state index contributed by atoms with van der Waals surface area (Å²) in [6.45, 7) is 2.31. The van der Waals surface area contributed by atoms with Crippen molar-refractivity contribution >= 4 is 11.0 Å². The van der Waals surface area contributed by atoms with Crippen molar-refractivity contribution in [1.29, 1.82) is 5.26 Å². The van der Waals surface area contributed by atoms with E-state index in [0.717, 1.165) is 35.2 Å². The number of fused-ring (bicyclic) bond motifs is 1. The van der Waals surface area contributed by atoms with Crippen molar-refractivity contribution in [2.24, 2.45) is 5.92 Å². The third kappa shape index (κ3) is 3.86. The van der Waals surface area contributed by atoms with Crippen LogP contribution in [0.15, 0.2) is 35.4 Å². The highest BCUT2D eigenvalue weighted by Crippen LogP contribution is 2.39. The molecule has 0 radical (unpaired) electrons. The Morgan fingerprint density at radius 2 is 1.97 bits per heavy atom. The van der Waals surface area contributed by atoms with Gasteiger partial charge in [-0.1, -0.05) is 5.16 Å². The summed E-state index contributed by atoms with van der Waals surface area (Å²) in [4.78, 5) is 4.74. The number of aromatic nitrogens is 5. The molecule has 34 heavy (non-hydrogen) atoms. The average Bonchev–Trinajstić information content (AvgIpc) is 3.55. The van der Waals surface area contributed by atoms with Gasteiger partial charge in [0.2, 0.25) is 0 Å². The van der Waals surface area contributed by atoms with Gasteiger partial charge in [-0.3, -0.25) is 4.98 Å². The second-order valence-corrected chi connectivity index (χ2v) is 8.61. The number of alkyl halides is 2. The number of ether oxygens (including phenoxy) is 1. The maximum atomic E-state index is 13.2. The predicted octanol–water partition coefficient (Wildman–Crippen LogP) is 5.45. The van der Waals surface area contributed by atoms with Crippen LogP contribution in [0.2, 0.25) is 0 Å². The summed E-state index contributed by atoms with van der Waals surface area (Å²) in [7, 11) is 0. The van der Waals surface area contributed by atoms with Gasteiger partial charge in [-0.05, 0) is 38.7 Å². The van der Waals surface area contributed by atoms with Crippen LogP contribution in [0.25, 0.3) is 33.3 Å². The van der Waals surface area contributed by atoms with E-state index in [9.17, 15) is 14.0 Å². The third-order valence-electron chi connectivity index (χ3n) is 6.57. The molecule has 0 aromatic carbocycles. The highest BCUT2D eigenvalue weighted by atomic mass is 19.3. The van der Waals surface area contributed by atoms with Gasteiger partial charge in [-0.25, -0.2) is 4.68 Å². The van der Waals surface area contributed by atoms with Crippen molar-refractivity contribution in [3.8, 4) is 28.3 Å². The van der Waals surface area contributed by atoms with Crippen molar-refractivity contribution in [3.05, 3.63) is 42.3 Å². The molecule has 1 atom stereocenters. The minimum atomic E-state index is -2.73. The van der Waals surface area contributed by atoms with Gasteiger partial charge in [-0.2, -0.15) is 19.1 Å². The first kappa shape index (κ1) is 22.2. The lowest BCUT2D eigenvalue weighted by molar-refractivity contribution is 0.0499. The molecule has 10 heteroatoms. The quantitative estimate of drug-likeness (QED) is 0.375. The third-order valence-corrected chi connectivity index (χ3v) is 6.57. The average molecular weight is 466 g/mol. The molecular weight excluding hydrogens is 442 g/mol. The van der Waals surface area contributed by atoms with E-state index in [-0.39, 0.29) is 12.0 Å². The van der Waals surface area contributed by atoms with Crippen LogP contribution in [0.3, 0.4) is 0 Å². The van der Waals surface area contributed by atoms with Gasteiger partial charge in [0.1, 0.15) is 5.76 Å². The molecule has 5 rings (SSSR count). The summed E-state index contributed by atoms with van der Waals surface area (Å²) in [5.41, 5.74) is 5.21. The van der Waals surface area contributed by atoms with Crippen molar-refractivity contribution < 1.29 is 18.0 Å². The number of aryl methyl sites for hydroxylation is 2. The molecule has 0 amide bonds. The zero-order valence-corrected chi connectivity index (χ0v) is 18.9. The Kier molecular flexibility index (Phi) is 5.87. The fraction of sp³-hybridized carbons (Fsp3) is 0.417. The van der Waals surface area contributed by atoms with E-state index in [4.69, 9.17) is 14.2 Å². The lowest BCUT2D eigenvalue weighted by atomic mass is 9.89. The Morgan fingerprint density at radius 3 is 2.62 bits per heavy atom. The van der Waals surface area contributed by atoms with Crippen molar-refractivity contribution in [2.75, 3.05) is 13.2 Å². The molecule has 0 spiro atoms. The molecule has 0 bridgehead atoms. The molecule has 1 saturated heterocycles. The summed E-state index contributed by atoms with van der Waals surface area (Å²) in [6, 6.07) is 4.25. The Hall–Kier alpha value is -3.58. The number of halogens is 2. The predicted molar refractivity (Wildman–Crippen MR) is 120 cm³/mol. The zero-order valence-electron chi connectivity index (χ0n) is 18.9. The number of pyridine rings is 1. The summed E-state index contributed by atoms with van der Waals surface area (Å²) >= 11 is 0. The maximum absolute atomic E-state index is 13.2. The molecule has 1 aliphatic rings. The molecule has 1 fully saturated rings. The number of rotatable bonds is 6. The summed E-state index contributed by atoms with van der Waals surface area (Å²) in [5, 5.41) is 17.5. The summed E-state index contributed by atoms with van der Waals surface area (Å²) in [6.07, 6.45) is 8.42. The van der Waals surface area contributed by atoms with Crippen LogP contribution >= 0.6 is 0 Å². The molecule has 176 valence electrons. The summed E-state index contributed by atoms with van der Waals surface area (Å²) in [5.74, 6) is 0.941. The van der Waals surface area contributed by atoms with E-state index < -0.39 is 6.55 Å². The first-order valence-corrected chi connectivity index (χ1v) is 11.2. The molecule has 4 aromatic rings. The van der Waals surface area contributed by atoms with E-state index in [2.05, 4.69) is 20.9 Å². The zero-order chi connectivity index (χ0) is 23.8. The lowest BCUT2D eigenvalue weighted by Crippen LogP contribution is -2.25. The smallest absolute Gasteiger partial charge is 0.333 e. The topological polar surface area (TPSA) is 94.7 Å². The van der Waals surface area contributed by atoms with Crippen LogP contribution in [0.4, 0.5) is 8.78 Å². The molecular formula is C24H24F2N6O2. The Bertz CT molecular complexity index is 1340. The van der Waals surface area contributed by atoms with Crippen LogP contribution in [0, 0.1) is 31.1 Å². The Morgan fingerprint density at radius 1 is 1.18 bits per heavy atom. The number of hydrogen-bond acceptors (Lipinski definition) is 6. The van der Waals surface area contributed by atoms with Gasteiger partial charge in [-0.15, -0.1) is 0 Å². The van der Waals surface area contributed by atoms with Gasteiger partial charge < -0.3 is 13.8 Å². The van der Waals surface area contributed by atoms with Gasteiger partial charge in [0.25, 0.3) is 0 Å². The van der Waals surface area contributed by atoms with Crippen LogP contribution < -0.4 is 0 Å². The molecule has 4 aromatic heterocycles. The van der Waals surface area contributed by atoms with Crippen LogP contribution in [0.1, 0.15) is 43.3 Å². The maximum Gasteiger partial charge on any atom is 0.333 e. The highest BCUT2D eigenvalue weighted by molar-refractivity contribution is 5.95. The van der Waals surface area contributed by atoms with E-state index in [1.54, 1.807) is 6.20 Å². The first-order chi connectivity index (χ1) is 16.5. The molecule has 5 heterocycles. The van der Waals surface area contributed by atoms with Crippen molar-refractivity contribution in [3.63, 3.8) is 0 Å². The van der Waals surface area contributed by atoms with E-state index in [0.29, 0.717) is 46.7 Å². The van der Waals surface area contributed by atoms with Gasteiger partial charge >= 0.3 is 6.55 Å². The fourth-order valence-corrected chi connectivity index (χ4v) is 4.91. The summed E-state index contributed by atoms with van der Waals surface area (Å²) < 4.78 is 40.0. The second kappa shape index (κ2) is 8.99. The largest absolute Gasteiger partial charge is 0.381 e. The molecule has 0 saturated carbocycles. The molecule has 0 N–H and O–H groups in total. The van der Waals surface area contributed by atoms with Crippen LogP contribution in [-0.4, -0.2) is 37.7 Å². The Labute approximate surface area is 194 Å².